The second-order valence-corrected chi connectivity index (χ2v) is 7.39. The summed E-state index contributed by atoms with van der Waals surface area (Å²) >= 11 is 1.71. The van der Waals surface area contributed by atoms with Crippen molar-refractivity contribution in [3.05, 3.63) is 46.6 Å². The molecule has 0 aromatic carbocycles. The van der Waals surface area contributed by atoms with E-state index in [0.717, 1.165) is 10.7 Å². The first-order valence-electron chi connectivity index (χ1n) is 7.98. The van der Waals surface area contributed by atoms with Gasteiger partial charge in [0.2, 0.25) is 0 Å². The normalized spacial score (nSPS) is 17.7. The van der Waals surface area contributed by atoms with Gasteiger partial charge in [0, 0.05) is 30.1 Å². The molecule has 1 aliphatic carbocycles. The molecule has 0 bridgehead atoms. The van der Waals surface area contributed by atoms with E-state index in [1.165, 1.54) is 24.2 Å². The number of imidazole rings is 1. The third-order valence-corrected chi connectivity index (χ3v) is 5.34. The lowest BCUT2D eigenvalue weighted by atomic mass is 10.0. The fourth-order valence-electron chi connectivity index (χ4n) is 3.01. The SMILES string of the molecule is Cc1nc2scc(C3CC3)n2c1CNCC(C)(O)c1ccco1. The number of aryl methyl sites for hydroxylation is 1. The smallest absolute Gasteiger partial charge is 0.194 e. The molecule has 0 radical (unpaired) electrons. The largest absolute Gasteiger partial charge is 0.466 e. The van der Waals surface area contributed by atoms with Gasteiger partial charge in [0.15, 0.2) is 4.96 Å². The van der Waals surface area contributed by atoms with Gasteiger partial charge in [-0.2, -0.15) is 0 Å². The van der Waals surface area contributed by atoms with Gasteiger partial charge in [-0.1, -0.05) is 0 Å². The lowest BCUT2D eigenvalue weighted by Crippen LogP contribution is -2.35. The van der Waals surface area contributed by atoms with Gasteiger partial charge in [0.05, 0.1) is 17.7 Å². The minimum absolute atomic E-state index is 0.427. The van der Waals surface area contributed by atoms with Crippen LogP contribution in [0.2, 0.25) is 0 Å². The standard InChI is InChI=1S/C17H21N3O2S/c1-11-13(8-18-10-17(2,21)15-4-3-7-22-15)20-14(12-5-6-12)9-23-16(20)19-11/h3-4,7,9,12,18,21H,5-6,8,10H2,1-2H3. The number of hydrogen-bond acceptors (Lipinski definition) is 5. The van der Waals surface area contributed by atoms with Crippen LogP contribution >= 0.6 is 11.3 Å². The highest BCUT2D eigenvalue weighted by Crippen LogP contribution is 2.42. The molecule has 3 aromatic rings. The van der Waals surface area contributed by atoms with Crippen LogP contribution in [0.4, 0.5) is 0 Å². The maximum atomic E-state index is 10.5. The lowest BCUT2D eigenvalue weighted by molar-refractivity contribution is 0.0339. The average Bonchev–Trinajstić information content (AvgIpc) is 2.95. The van der Waals surface area contributed by atoms with Crippen molar-refractivity contribution in [1.82, 2.24) is 14.7 Å². The predicted molar refractivity (Wildman–Crippen MR) is 89.8 cm³/mol. The van der Waals surface area contributed by atoms with Crippen LogP contribution in [0.15, 0.2) is 28.2 Å². The van der Waals surface area contributed by atoms with Crippen LogP contribution in [0.3, 0.4) is 0 Å². The van der Waals surface area contributed by atoms with E-state index in [-0.39, 0.29) is 0 Å². The first-order chi connectivity index (χ1) is 11.1. The molecule has 5 nitrogen and oxygen atoms in total. The summed E-state index contributed by atoms with van der Waals surface area (Å²) in [6.07, 6.45) is 4.15. The maximum Gasteiger partial charge on any atom is 0.194 e. The zero-order valence-corrected chi connectivity index (χ0v) is 14.2. The van der Waals surface area contributed by atoms with Gasteiger partial charge in [-0.25, -0.2) is 4.98 Å². The third-order valence-electron chi connectivity index (χ3n) is 4.49. The van der Waals surface area contributed by atoms with E-state index >= 15 is 0 Å². The molecule has 0 saturated heterocycles. The van der Waals surface area contributed by atoms with E-state index < -0.39 is 5.60 Å². The van der Waals surface area contributed by atoms with Crippen LogP contribution in [-0.4, -0.2) is 21.0 Å². The number of hydrogen-bond donors (Lipinski definition) is 2. The van der Waals surface area contributed by atoms with Crippen molar-refractivity contribution in [3.8, 4) is 0 Å². The number of nitrogens with one attached hydrogen (secondary N) is 1. The molecule has 1 aliphatic rings. The second kappa shape index (κ2) is 5.47. The predicted octanol–water partition coefficient (Wildman–Crippen LogP) is 3.17. The summed E-state index contributed by atoms with van der Waals surface area (Å²) in [6, 6.07) is 3.59. The Bertz CT molecular complexity index is 812. The van der Waals surface area contributed by atoms with E-state index in [1.807, 2.05) is 0 Å². The zero-order valence-electron chi connectivity index (χ0n) is 13.4. The Hall–Kier alpha value is -1.63. The van der Waals surface area contributed by atoms with E-state index in [0.29, 0.717) is 24.8 Å². The summed E-state index contributed by atoms with van der Waals surface area (Å²) in [7, 11) is 0. The molecule has 0 spiro atoms. The number of furan rings is 1. The molecule has 0 aliphatic heterocycles. The van der Waals surface area contributed by atoms with E-state index in [4.69, 9.17) is 4.42 Å². The monoisotopic (exact) mass is 331 g/mol. The molecule has 3 heterocycles. The van der Waals surface area contributed by atoms with Crippen molar-refractivity contribution in [2.24, 2.45) is 0 Å². The minimum Gasteiger partial charge on any atom is -0.466 e. The molecule has 1 fully saturated rings. The summed E-state index contributed by atoms with van der Waals surface area (Å²) in [5, 5.41) is 16.1. The fraction of sp³-hybridized carbons (Fsp3) is 0.471. The molecule has 1 saturated carbocycles. The van der Waals surface area contributed by atoms with Gasteiger partial charge in [-0.3, -0.25) is 4.40 Å². The van der Waals surface area contributed by atoms with Crippen molar-refractivity contribution in [2.45, 2.75) is 44.8 Å². The molecule has 2 N–H and O–H groups in total. The first-order valence-corrected chi connectivity index (χ1v) is 8.86. The van der Waals surface area contributed by atoms with E-state index in [9.17, 15) is 5.11 Å². The number of rotatable bonds is 6. The summed E-state index contributed by atoms with van der Waals surface area (Å²) in [6.45, 7) is 4.92. The van der Waals surface area contributed by atoms with Gasteiger partial charge in [-0.15, -0.1) is 11.3 Å². The lowest BCUT2D eigenvalue weighted by Gasteiger charge is -2.21. The van der Waals surface area contributed by atoms with E-state index in [1.54, 1.807) is 36.7 Å². The van der Waals surface area contributed by atoms with Gasteiger partial charge >= 0.3 is 0 Å². The molecule has 6 heteroatoms. The molecular formula is C17H21N3O2S. The highest BCUT2D eigenvalue weighted by molar-refractivity contribution is 7.15. The Morgan fingerprint density at radius 2 is 2.35 bits per heavy atom. The highest BCUT2D eigenvalue weighted by Gasteiger charge is 2.29. The van der Waals surface area contributed by atoms with Crippen molar-refractivity contribution in [2.75, 3.05) is 6.54 Å². The summed E-state index contributed by atoms with van der Waals surface area (Å²) in [5.74, 6) is 1.27. The first kappa shape index (κ1) is 14.9. The molecule has 0 amide bonds. The topological polar surface area (TPSA) is 62.7 Å². The third kappa shape index (κ3) is 2.71. The Kier molecular flexibility index (Phi) is 3.55. The molecule has 3 aromatic heterocycles. The molecular weight excluding hydrogens is 310 g/mol. The molecule has 23 heavy (non-hydrogen) atoms. The Morgan fingerprint density at radius 1 is 1.52 bits per heavy atom. The van der Waals surface area contributed by atoms with Crippen LogP contribution in [0.25, 0.3) is 4.96 Å². The number of thiazole rings is 1. The Balaban J connectivity index is 1.52. The number of nitrogens with zero attached hydrogens (tertiary/aromatic N) is 2. The fourth-order valence-corrected chi connectivity index (χ4v) is 4.04. The number of aliphatic hydroxyl groups is 1. The van der Waals surface area contributed by atoms with E-state index in [2.05, 4.69) is 27.0 Å². The van der Waals surface area contributed by atoms with Gasteiger partial charge in [0.1, 0.15) is 11.4 Å². The van der Waals surface area contributed by atoms with Crippen LogP contribution in [0.1, 0.15) is 48.5 Å². The summed E-state index contributed by atoms with van der Waals surface area (Å²) in [5.41, 5.74) is 2.62. The van der Waals surface area contributed by atoms with Crippen LogP contribution < -0.4 is 5.32 Å². The number of fused-ring (bicyclic) bond motifs is 1. The highest BCUT2D eigenvalue weighted by atomic mass is 32.1. The second-order valence-electron chi connectivity index (χ2n) is 6.55. The maximum absolute atomic E-state index is 10.5. The Morgan fingerprint density at radius 3 is 3.04 bits per heavy atom. The summed E-state index contributed by atoms with van der Waals surface area (Å²) < 4.78 is 7.62. The van der Waals surface area contributed by atoms with Gasteiger partial charge < -0.3 is 14.8 Å². The van der Waals surface area contributed by atoms with Crippen molar-refractivity contribution < 1.29 is 9.52 Å². The average molecular weight is 331 g/mol. The molecule has 1 unspecified atom stereocenters. The van der Waals surface area contributed by atoms with Crippen molar-refractivity contribution in [3.63, 3.8) is 0 Å². The van der Waals surface area contributed by atoms with Gasteiger partial charge in [0.25, 0.3) is 0 Å². The Labute approximate surface area is 139 Å². The summed E-state index contributed by atoms with van der Waals surface area (Å²) in [4.78, 5) is 5.74. The van der Waals surface area contributed by atoms with Crippen LogP contribution in [-0.2, 0) is 12.1 Å². The molecule has 122 valence electrons. The number of aromatic nitrogens is 2. The zero-order chi connectivity index (χ0) is 16.0. The van der Waals surface area contributed by atoms with Gasteiger partial charge in [-0.05, 0) is 38.8 Å². The quantitative estimate of drug-likeness (QED) is 0.728. The van der Waals surface area contributed by atoms with Crippen molar-refractivity contribution in [1.29, 1.82) is 0 Å². The molecule has 4 rings (SSSR count). The van der Waals surface area contributed by atoms with Crippen LogP contribution in [0.5, 0.6) is 0 Å². The van der Waals surface area contributed by atoms with Crippen LogP contribution in [0, 0.1) is 6.92 Å². The molecule has 1 atom stereocenters. The minimum atomic E-state index is -1.02. The van der Waals surface area contributed by atoms with Crippen molar-refractivity contribution >= 4 is 16.3 Å².